The molecule has 5 heteroatoms. The molecule has 19 heavy (non-hydrogen) atoms. The molecule has 0 saturated heterocycles. The van der Waals surface area contributed by atoms with Crippen LogP contribution >= 0.6 is 15.9 Å². The van der Waals surface area contributed by atoms with Gasteiger partial charge >= 0.3 is 0 Å². The smallest absolute Gasteiger partial charge is 0.169 e. The number of rotatable bonds is 5. The van der Waals surface area contributed by atoms with Crippen LogP contribution in [0.15, 0.2) is 39.4 Å². The highest BCUT2D eigenvalue weighted by atomic mass is 79.9. The number of nitrogens with one attached hydrogen (secondary N) is 1. The lowest BCUT2D eigenvalue weighted by Crippen LogP contribution is -2.23. The molecule has 0 bridgehead atoms. The van der Waals surface area contributed by atoms with Crippen molar-refractivity contribution < 1.29 is 13.5 Å². The largest absolute Gasteiger partial charge is 0.496 e. The Morgan fingerprint density at radius 3 is 2.74 bits per heavy atom. The zero-order valence-electron chi connectivity index (χ0n) is 10.7. The second-order valence-corrected chi connectivity index (χ2v) is 4.77. The lowest BCUT2D eigenvalue weighted by molar-refractivity contribution is 0.382. The van der Waals surface area contributed by atoms with Crippen LogP contribution < -0.4 is 10.1 Å². The van der Waals surface area contributed by atoms with Crippen LogP contribution in [0, 0.1) is 5.82 Å². The van der Waals surface area contributed by atoms with Crippen molar-refractivity contribution in [1.29, 1.82) is 0 Å². The predicted octanol–water partition coefficient (Wildman–Crippen LogP) is 3.89. The molecule has 1 N–H and O–H groups in total. The van der Waals surface area contributed by atoms with Crippen molar-refractivity contribution in [3.63, 3.8) is 0 Å². The second kappa shape index (κ2) is 6.21. The molecule has 0 spiro atoms. The van der Waals surface area contributed by atoms with Crippen molar-refractivity contribution in [3.8, 4) is 5.75 Å². The fourth-order valence-corrected chi connectivity index (χ4v) is 2.33. The number of furan rings is 1. The minimum atomic E-state index is -0.382. The Kier molecular flexibility index (Phi) is 4.61. The van der Waals surface area contributed by atoms with Crippen LogP contribution in [0.4, 0.5) is 4.39 Å². The summed E-state index contributed by atoms with van der Waals surface area (Å²) in [5, 5.41) is 3.21. The van der Waals surface area contributed by atoms with Crippen molar-refractivity contribution in [2.45, 2.75) is 13.0 Å². The van der Waals surface area contributed by atoms with Crippen molar-refractivity contribution in [2.75, 3.05) is 13.7 Å². The summed E-state index contributed by atoms with van der Waals surface area (Å²) >= 11 is 3.26. The SMILES string of the molecule is CCNC(c1ccc(Br)o1)c1c(F)cccc1OC. The summed E-state index contributed by atoms with van der Waals surface area (Å²) in [6.45, 7) is 2.64. The Morgan fingerprint density at radius 2 is 2.16 bits per heavy atom. The van der Waals surface area contributed by atoms with Crippen LogP contribution in [0.2, 0.25) is 0 Å². The zero-order chi connectivity index (χ0) is 13.8. The van der Waals surface area contributed by atoms with Gasteiger partial charge in [-0.05, 0) is 46.7 Å². The molecule has 0 aliphatic heterocycles. The van der Waals surface area contributed by atoms with Gasteiger partial charge in [-0.2, -0.15) is 0 Å². The Morgan fingerprint density at radius 1 is 1.37 bits per heavy atom. The van der Waals surface area contributed by atoms with Gasteiger partial charge in [-0.3, -0.25) is 0 Å². The van der Waals surface area contributed by atoms with Gasteiger partial charge in [-0.25, -0.2) is 4.39 Å². The number of hydrogen-bond acceptors (Lipinski definition) is 3. The van der Waals surface area contributed by atoms with E-state index in [1.807, 2.05) is 13.0 Å². The normalized spacial score (nSPS) is 12.4. The first kappa shape index (κ1) is 14.1. The zero-order valence-corrected chi connectivity index (χ0v) is 12.3. The maximum atomic E-state index is 14.1. The standard InChI is InChI=1S/C14H15BrFNO2/c1-3-17-14(11-7-8-12(15)19-11)13-9(16)5-4-6-10(13)18-2/h4-8,14,17H,3H2,1-2H3. The molecule has 2 rings (SSSR count). The van der Waals surface area contributed by atoms with Crippen LogP contribution in [0.1, 0.15) is 24.3 Å². The summed E-state index contributed by atoms with van der Waals surface area (Å²) in [6.07, 6.45) is 0. The third-order valence-electron chi connectivity index (χ3n) is 2.81. The first-order valence-electron chi connectivity index (χ1n) is 5.98. The van der Waals surface area contributed by atoms with E-state index in [0.717, 1.165) is 0 Å². The Labute approximate surface area is 119 Å². The van der Waals surface area contributed by atoms with Gasteiger partial charge in [-0.1, -0.05) is 13.0 Å². The van der Waals surface area contributed by atoms with Crippen LogP contribution in [0.3, 0.4) is 0 Å². The van der Waals surface area contributed by atoms with E-state index in [-0.39, 0.29) is 11.9 Å². The summed E-state index contributed by atoms with van der Waals surface area (Å²) < 4.78 is 25.5. The molecule has 1 atom stereocenters. The van der Waals surface area contributed by atoms with Gasteiger partial charge in [0.15, 0.2) is 4.67 Å². The van der Waals surface area contributed by atoms with Gasteiger partial charge in [-0.15, -0.1) is 0 Å². The molecule has 0 aliphatic rings. The molecule has 1 aromatic heterocycles. The average molecular weight is 328 g/mol. The fraction of sp³-hybridized carbons (Fsp3) is 0.286. The molecular formula is C14H15BrFNO2. The fourth-order valence-electron chi connectivity index (χ4n) is 2.01. The van der Waals surface area contributed by atoms with E-state index in [4.69, 9.17) is 9.15 Å². The van der Waals surface area contributed by atoms with Crippen LogP contribution in [0.25, 0.3) is 0 Å². The third-order valence-corrected chi connectivity index (χ3v) is 3.23. The number of hydrogen-bond donors (Lipinski definition) is 1. The van der Waals surface area contributed by atoms with Gasteiger partial charge < -0.3 is 14.5 Å². The van der Waals surface area contributed by atoms with E-state index in [0.29, 0.717) is 28.3 Å². The first-order valence-corrected chi connectivity index (χ1v) is 6.77. The van der Waals surface area contributed by atoms with Crippen molar-refractivity contribution in [1.82, 2.24) is 5.32 Å². The molecule has 1 unspecified atom stereocenters. The number of ether oxygens (including phenoxy) is 1. The maximum Gasteiger partial charge on any atom is 0.169 e. The molecule has 2 aromatic rings. The highest BCUT2D eigenvalue weighted by Crippen LogP contribution is 2.33. The van der Waals surface area contributed by atoms with Gasteiger partial charge in [0.05, 0.1) is 18.7 Å². The molecule has 0 saturated carbocycles. The minimum absolute atomic E-state index is 0.321. The Hall–Kier alpha value is -1.33. The molecule has 102 valence electrons. The molecule has 0 radical (unpaired) electrons. The lowest BCUT2D eigenvalue weighted by atomic mass is 10.0. The van der Waals surface area contributed by atoms with E-state index < -0.39 is 0 Å². The van der Waals surface area contributed by atoms with Gasteiger partial charge in [0, 0.05) is 0 Å². The molecule has 0 aliphatic carbocycles. The van der Waals surface area contributed by atoms with E-state index in [1.54, 1.807) is 18.2 Å². The van der Waals surface area contributed by atoms with E-state index in [2.05, 4.69) is 21.2 Å². The van der Waals surface area contributed by atoms with Crippen molar-refractivity contribution in [3.05, 3.63) is 52.1 Å². The summed E-state index contributed by atoms with van der Waals surface area (Å²) in [6, 6.07) is 7.99. The van der Waals surface area contributed by atoms with Crippen LogP contribution in [-0.2, 0) is 0 Å². The topological polar surface area (TPSA) is 34.4 Å². The van der Waals surface area contributed by atoms with Gasteiger partial charge in [0.25, 0.3) is 0 Å². The molecule has 1 heterocycles. The Balaban J connectivity index is 2.50. The van der Waals surface area contributed by atoms with Crippen LogP contribution in [-0.4, -0.2) is 13.7 Å². The number of halogens is 2. The lowest BCUT2D eigenvalue weighted by Gasteiger charge is -2.19. The monoisotopic (exact) mass is 327 g/mol. The van der Waals surface area contributed by atoms with Gasteiger partial charge in [0.2, 0.25) is 0 Å². The quantitative estimate of drug-likeness (QED) is 0.904. The molecule has 1 aromatic carbocycles. The van der Waals surface area contributed by atoms with Crippen LogP contribution in [0.5, 0.6) is 5.75 Å². The van der Waals surface area contributed by atoms with E-state index in [9.17, 15) is 4.39 Å². The third kappa shape index (κ3) is 2.98. The second-order valence-electron chi connectivity index (χ2n) is 3.99. The number of benzene rings is 1. The van der Waals surface area contributed by atoms with Crippen molar-refractivity contribution in [2.24, 2.45) is 0 Å². The minimum Gasteiger partial charge on any atom is -0.496 e. The average Bonchev–Trinajstić information content (AvgIpc) is 2.83. The van der Waals surface area contributed by atoms with Crippen molar-refractivity contribution >= 4 is 15.9 Å². The summed E-state index contributed by atoms with van der Waals surface area (Å²) in [5.74, 6) is 0.813. The maximum absolute atomic E-state index is 14.1. The Bertz CT molecular complexity index is 556. The molecular weight excluding hydrogens is 313 g/mol. The summed E-state index contributed by atoms with van der Waals surface area (Å²) in [4.78, 5) is 0. The highest BCUT2D eigenvalue weighted by molar-refractivity contribution is 9.10. The predicted molar refractivity (Wildman–Crippen MR) is 74.9 cm³/mol. The highest BCUT2D eigenvalue weighted by Gasteiger charge is 2.24. The molecule has 0 fully saturated rings. The summed E-state index contributed by atoms with van der Waals surface area (Å²) in [7, 11) is 1.53. The molecule has 0 amide bonds. The molecule has 3 nitrogen and oxygen atoms in total. The first-order chi connectivity index (χ1) is 9.17. The van der Waals surface area contributed by atoms with E-state index >= 15 is 0 Å². The number of methoxy groups -OCH3 is 1. The van der Waals surface area contributed by atoms with Gasteiger partial charge in [0.1, 0.15) is 17.3 Å². The summed E-state index contributed by atoms with van der Waals surface area (Å²) in [5.41, 5.74) is 0.453. The van der Waals surface area contributed by atoms with E-state index in [1.165, 1.54) is 13.2 Å².